The summed E-state index contributed by atoms with van der Waals surface area (Å²) < 4.78 is 5.42. The number of para-hydroxylation sites is 1. The van der Waals surface area contributed by atoms with Crippen LogP contribution in [0.25, 0.3) is 0 Å². The average molecular weight is 259 g/mol. The molecule has 0 aliphatic rings. The summed E-state index contributed by atoms with van der Waals surface area (Å²) in [6.07, 6.45) is 5.56. The molecule has 4 heteroatoms. The number of H-pyrrole nitrogens is 1. The van der Waals surface area contributed by atoms with Gasteiger partial charge in [-0.15, -0.1) is 0 Å². The SMILES string of the molecule is CCC(NCCc1cnc[nH]1)c1ccccc1OC. The molecule has 2 N–H and O–H groups in total. The number of hydrogen-bond donors (Lipinski definition) is 2. The number of aromatic nitrogens is 2. The molecule has 1 aromatic carbocycles. The summed E-state index contributed by atoms with van der Waals surface area (Å²) in [7, 11) is 1.72. The van der Waals surface area contributed by atoms with Gasteiger partial charge < -0.3 is 15.0 Å². The fourth-order valence-corrected chi connectivity index (χ4v) is 2.23. The second-order valence-electron chi connectivity index (χ2n) is 4.48. The Bertz CT molecular complexity index is 482. The maximum absolute atomic E-state index is 5.42. The van der Waals surface area contributed by atoms with Crippen LogP contribution in [-0.4, -0.2) is 23.6 Å². The van der Waals surface area contributed by atoms with Crippen molar-refractivity contribution in [3.8, 4) is 5.75 Å². The molecule has 0 fully saturated rings. The first-order valence-electron chi connectivity index (χ1n) is 6.68. The smallest absolute Gasteiger partial charge is 0.123 e. The Morgan fingerprint density at radius 2 is 2.21 bits per heavy atom. The van der Waals surface area contributed by atoms with Gasteiger partial charge in [0.15, 0.2) is 0 Å². The third kappa shape index (κ3) is 3.58. The average Bonchev–Trinajstić information content (AvgIpc) is 2.97. The van der Waals surface area contributed by atoms with Crippen LogP contribution in [0, 0.1) is 0 Å². The fourth-order valence-electron chi connectivity index (χ4n) is 2.23. The van der Waals surface area contributed by atoms with Crippen LogP contribution in [0.15, 0.2) is 36.8 Å². The summed E-state index contributed by atoms with van der Waals surface area (Å²) in [6.45, 7) is 3.10. The summed E-state index contributed by atoms with van der Waals surface area (Å²) in [6, 6.07) is 8.50. The zero-order valence-electron chi connectivity index (χ0n) is 11.5. The van der Waals surface area contributed by atoms with E-state index in [-0.39, 0.29) is 0 Å². The van der Waals surface area contributed by atoms with Crippen LogP contribution in [0.3, 0.4) is 0 Å². The van der Waals surface area contributed by atoms with E-state index in [1.165, 1.54) is 5.56 Å². The fraction of sp³-hybridized carbons (Fsp3) is 0.400. The topological polar surface area (TPSA) is 49.9 Å². The normalized spacial score (nSPS) is 12.3. The molecule has 0 aliphatic carbocycles. The van der Waals surface area contributed by atoms with Crippen molar-refractivity contribution in [1.82, 2.24) is 15.3 Å². The molecule has 0 spiro atoms. The van der Waals surface area contributed by atoms with E-state index in [0.29, 0.717) is 6.04 Å². The highest BCUT2D eigenvalue weighted by Crippen LogP contribution is 2.26. The van der Waals surface area contributed by atoms with E-state index in [0.717, 1.165) is 30.8 Å². The minimum absolute atomic E-state index is 0.319. The monoisotopic (exact) mass is 259 g/mol. The molecule has 0 bridgehead atoms. The van der Waals surface area contributed by atoms with Crippen molar-refractivity contribution in [2.45, 2.75) is 25.8 Å². The molecule has 1 heterocycles. The molecule has 0 radical (unpaired) electrons. The van der Waals surface area contributed by atoms with Crippen molar-refractivity contribution < 1.29 is 4.74 Å². The van der Waals surface area contributed by atoms with Gasteiger partial charge in [-0.2, -0.15) is 0 Å². The Balaban J connectivity index is 1.95. The van der Waals surface area contributed by atoms with Gasteiger partial charge in [0.2, 0.25) is 0 Å². The Kier molecular flexibility index (Phi) is 4.98. The van der Waals surface area contributed by atoms with Crippen molar-refractivity contribution in [2.24, 2.45) is 0 Å². The van der Waals surface area contributed by atoms with Crippen LogP contribution < -0.4 is 10.1 Å². The molecule has 2 aromatic rings. The Labute approximate surface area is 114 Å². The van der Waals surface area contributed by atoms with Gasteiger partial charge in [0.1, 0.15) is 5.75 Å². The number of hydrogen-bond acceptors (Lipinski definition) is 3. The summed E-state index contributed by atoms with van der Waals surface area (Å²) in [5, 5.41) is 3.57. The molecule has 0 aliphatic heterocycles. The molecule has 4 nitrogen and oxygen atoms in total. The van der Waals surface area contributed by atoms with E-state index < -0.39 is 0 Å². The number of nitrogens with one attached hydrogen (secondary N) is 2. The minimum Gasteiger partial charge on any atom is -0.496 e. The lowest BCUT2D eigenvalue weighted by Gasteiger charge is -2.19. The minimum atomic E-state index is 0.319. The molecule has 1 aromatic heterocycles. The van der Waals surface area contributed by atoms with Gasteiger partial charge in [0, 0.05) is 36.5 Å². The molecule has 1 unspecified atom stereocenters. The van der Waals surface area contributed by atoms with E-state index in [1.54, 1.807) is 13.4 Å². The number of ether oxygens (including phenoxy) is 1. The molecule has 2 rings (SSSR count). The van der Waals surface area contributed by atoms with Crippen molar-refractivity contribution in [2.75, 3.05) is 13.7 Å². The van der Waals surface area contributed by atoms with Crippen LogP contribution in [0.1, 0.15) is 30.6 Å². The largest absolute Gasteiger partial charge is 0.496 e. The maximum Gasteiger partial charge on any atom is 0.123 e. The zero-order valence-corrected chi connectivity index (χ0v) is 11.5. The Morgan fingerprint density at radius 1 is 1.37 bits per heavy atom. The summed E-state index contributed by atoms with van der Waals surface area (Å²) in [4.78, 5) is 7.14. The van der Waals surface area contributed by atoms with Gasteiger partial charge in [-0.05, 0) is 12.5 Å². The molecule has 0 amide bonds. The molecule has 19 heavy (non-hydrogen) atoms. The van der Waals surface area contributed by atoms with Crippen molar-refractivity contribution in [1.29, 1.82) is 0 Å². The molecule has 0 saturated carbocycles. The zero-order chi connectivity index (χ0) is 13.5. The number of nitrogens with zero attached hydrogens (tertiary/aromatic N) is 1. The van der Waals surface area contributed by atoms with Crippen molar-refractivity contribution >= 4 is 0 Å². The summed E-state index contributed by atoms with van der Waals surface area (Å²) in [5.74, 6) is 0.948. The van der Waals surface area contributed by atoms with E-state index >= 15 is 0 Å². The Hall–Kier alpha value is -1.81. The Morgan fingerprint density at radius 3 is 2.89 bits per heavy atom. The van der Waals surface area contributed by atoms with Crippen molar-refractivity contribution in [3.63, 3.8) is 0 Å². The van der Waals surface area contributed by atoms with E-state index in [9.17, 15) is 0 Å². The molecular formula is C15H21N3O. The van der Waals surface area contributed by atoms with Gasteiger partial charge in [-0.1, -0.05) is 25.1 Å². The first kappa shape index (κ1) is 13.6. The number of methoxy groups -OCH3 is 1. The van der Waals surface area contributed by atoms with Gasteiger partial charge in [-0.3, -0.25) is 0 Å². The summed E-state index contributed by atoms with van der Waals surface area (Å²) >= 11 is 0. The lowest BCUT2D eigenvalue weighted by molar-refractivity contribution is 0.397. The number of aromatic amines is 1. The third-order valence-electron chi connectivity index (χ3n) is 3.26. The highest BCUT2D eigenvalue weighted by Gasteiger charge is 2.12. The van der Waals surface area contributed by atoms with Crippen LogP contribution in [-0.2, 0) is 6.42 Å². The summed E-state index contributed by atoms with van der Waals surface area (Å²) in [5.41, 5.74) is 2.37. The second kappa shape index (κ2) is 6.95. The van der Waals surface area contributed by atoms with Crippen LogP contribution in [0.2, 0.25) is 0 Å². The van der Waals surface area contributed by atoms with E-state index in [4.69, 9.17) is 4.74 Å². The highest BCUT2D eigenvalue weighted by atomic mass is 16.5. The standard InChI is InChI=1S/C15H21N3O/c1-3-14(13-6-4-5-7-15(13)19-2)17-9-8-12-10-16-11-18-12/h4-7,10-11,14,17H,3,8-9H2,1-2H3,(H,16,18). The number of benzene rings is 1. The van der Waals surface area contributed by atoms with Gasteiger partial charge in [-0.25, -0.2) is 4.98 Å². The van der Waals surface area contributed by atoms with E-state index in [2.05, 4.69) is 34.3 Å². The van der Waals surface area contributed by atoms with Gasteiger partial charge >= 0.3 is 0 Å². The number of rotatable bonds is 7. The lowest BCUT2D eigenvalue weighted by atomic mass is 10.0. The molecule has 1 atom stereocenters. The third-order valence-corrected chi connectivity index (χ3v) is 3.26. The second-order valence-corrected chi connectivity index (χ2v) is 4.48. The first-order chi connectivity index (χ1) is 9.35. The highest BCUT2D eigenvalue weighted by molar-refractivity contribution is 5.35. The first-order valence-corrected chi connectivity index (χ1v) is 6.68. The maximum atomic E-state index is 5.42. The molecular weight excluding hydrogens is 238 g/mol. The van der Waals surface area contributed by atoms with Crippen molar-refractivity contribution in [3.05, 3.63) is 48.0 Å². The van der Waals surface area contributed by atoms with E-state index in [1.807, 2.05) is 18.3 Å². The lowest BCUT2D eigenvalue weighted by Crippen LogP contribution is -2.23. The molecule has 0 saturated heterocycles. The quantitative estimate of drug-likeness (QED) is 0.803. The van der Waals surface area contributed by atoms with Gasteiger partial charge in [0.05, 0.1) is 13.4 Å². The van der Waals surface area contributed by atoms with Gasteiger partial charge in [0.25, 0.3) is 0 Å². The predicted octanol–water partition coefficient (Wildman–Crippen LogP) is 2.70. The number of imidazole rings is 1. The predicted molar refractivity (Wildman–Crippen MR) is 76.3 cm³/mol. The van der Waals surface area contributed by atoms with Crippen LogP contribution in [0.4, 0.5) is 0 Å². The van der Waals surface area contributed by atoms with Crippen LogP contribution in [0.5, 0.6) is 5.75 Å². The van der Waals surface area contributed by atoms with Crippen LogP contribution >= 0.6 is 0 Å². The molecule has 102 valence electrons.